The summed E-state index contributed by atoms with van der Waals surface area (Å²) < 4.78 is 20.6. The van der Waals surface area contributed by atoms with E-state index in [1.54, 1.807) is 12.1 Å². The van der Waals surface area contributed by atoms with Crippen molar-refractivity contribution in [2.45, 2.75) is 0 Å². The fourth-order valence-corrected chi connectivity index (χ4v) is 1.61. The number of benzene rings is 1. The van der Waals surface area contributed by atoms with Gasteiger partial charge < -0.3 is 14.2 Å². The number of ether oxygens (including phenoxy) is 1. The molecule has 0 amide bonds. The van der Waals surface area contributed by atoms with E-state index in [2.05, 4.69) is 4.52 Å². The first kappa shape index (κ1) is 10.3. The zero-order valence-corrected chi connectivity index (χ0v) is 8.32. The van der Waals surface area contributed by atoms with E-state index in [4.69, 9.17) is 4.74 Å². The molecule has 1 N–H and O–H groups in total. The molecular formula is C8H11O4P. The summed E-state index contributed by atoms with van der Waals surface area (Å²) in [6.45, 7) is 0. The molecule has 1 unspecified atom stereocenters. The third kappa shape index (κ3) is 2.31. The standard InChI is InChI=1S/C8H11O4P/c1-11-7-3-5-8(6-4-7)13(9,10)12-2/h3-6H,1-2H3,(H,9,10). The van der Waals surface area contributed by atoms with E-state index in [0.717, 1.165) is 0 Å². The summed E-state index contributed by atoms with van der Waals surface area (Å²) in [5.74, 6) is 0.639. The topological polar surface area (TPSA) is 55.8 Å². The Morgan fingerprint density at radius 1 is 1.23 bits per heavy atom. The third-order valence-electron chi connectivity index (χ3n) is 1.65. The summed E-state index contributed by atoms with van der Waals surface area (Å²) >= 11 is 0. The second-order valence-corrected chi connectivity index (χ2v) is 4.32. The smallest absolute Gasteiger partial charge is 0.358 e. The van der Waals surface area contributed by atoms with Gasteiger partial charge in [0.25, 0.3) is 0 Å². The van der Waals surface area contributed by atoms with Gasteiger partial charge in [-0.3, -0.25) is 4.57 Å². The second-order valence-electron chi connectivity index (χ2n) is 2.40. The van der Waals surface area contributed by atoms with Crippen molar-refractivity contribution < 1.29 is 18.7 Å². The van der Waals surface area contributed by atoms with Gasteiger partial charge in [-0.05, 0) is 24.3 Å². The molecule has 0 bridgehead atoms. The van der Waals surface area contributed by atoms with Crippen molar-refractivity contribution >= 4 is 12.9 Å². The summed E-state index contributed by atoms with van der Waals surface area (Å²) in [5, 5.41) is 0.260. The highest BCUT2D eigenvalue weighted by Crippen LogP contribution is 2.39. The van der Waals surface area contributed by atoms with Gasteiger partial charge in [0.05, 0.1) is 12.4 Å². The lowest BCUT2D eigenvalue weighted by atomic mass is 10.3. The molecule has 0 spiro atoms. The van der Waals surface area contributed by atoms with Crippen LogP contribution < -0.4 is 10.0 Å². The third-order valence-corrected chi connectivity index (χ3v) is 3.09. The molecule has 0 heterocycles. The fraction of sp³-hybridized carbons (Fsp3) is 0.250. The van der Waals surface area contributed by atoms with Crippen LogP contribution in [0.15, 0.2) is 24.3 Å². The van der Waals surface area contributed by atoms with E-state index in [1.165, 1.54) is 26.4 Å². The van der Waals surface area contributed by atoms with Crippen molar-refractivity contribution in [3.63, 3.8) is 0 Å². The number of rotatable bonds is 3. The molecule has 0 saturated heterocycles. The highest BCUT2D eigenvalue weighted by atomic mass is 31.2. The van der Waals surface area contributed by atoms with Crippen LogP contribution in [0.4, 0.5) is 0 Å². The SMILES string of the molecule is COc1ccc(P(=O)(O)OC)cc1. The van der Waals surface area contributed by atoms with Crippen LogP contribution in [0.5, 0.6) is 5.75 Å². The molecule has 4 nitrogen and oxygen atoms in total. The Kier molecular flexibility index (Phi) is 3.09. The zero-order chi connectivity index (χ0) is 9.90. The molecule has 72 valence electrons. The van der Waals surface area contributed by atoms with Gasteiger partial charge in [-0.15, -0.1) is 0 Å². The van der Waals surface area contributed by atoms with Crippen LogP contribution in [0.1, 0.15) is 0 Å². The normalized spacial score (nSPS) is 15.0. The van der Waals surface area contributed by atoms with Crippen molar-refractivity contribution in [2.75, 3.05) is 14.2 Å². The second kappa shape index (κ2) is 3.92. The summed E-state index contributed by atoms with van der Waals surface area (Å²) in [6.07, 6.45) is 0. The largest absolute Gasteiger partial charge is 0.497 e. The quantitative estimate of drug-likeness (QED) is 0.747. The Bertz CT molecular complexity index is 319. The minimum Gasteiger partial charge on any atom is -0.497 e. The van der Waals surface area contributed by atoms with E-state index in [9.17, 15) is 9.46 Å². The molecule has 0 fully saturated rings. The lowest BCUT2D eigenvalue weighted by molar-refractivity contribution is 0.328. The monoisotopic (exact) mass is 202 g/mol. The summed E-state index contributed by atoms with van der Waals surface area (Å²) in [4.78, 5) is 9.25. The first-order chi connectivity index (χ1) is 6.10. The first-order valence-corrected chi connectivity index (χ1v) is 5.21. The average Bonchev–Trinajstić information content (AvgIpc) is 2.18. The molecule has 0 saturated carbocycles. The number of hydrogen-bond donors (Lipinski definition) is 1. The molecule has 0 aromatic heterocycles. The molecule has 1 atom stereocenters. The Morgan fingerprint density at radius 3 is 2.15 bits per heavy atom. The molecule has 5 heteroatoms. The molecule has 1 rings (SSSR count). The molecule has 1 aromatic rings. The molecule has 1 aromatic carbocycles. The van der Waals surface area contributed by atoms with Crippen molar-refractivity contribution in [3.05, 3.63) is 24.3 Å². The van der Waals surface area contributed by atoms with Crippen molar-refractivity contribution in [2.24, 2.45) is 0 Å². The average molecular weight is 202 g/mol. The van der Waals surface area contributed by atoms with Crippen LogP contribution in [0.2, 0.25) is 0 Å². The Hall–Kier alpha value is -0.830. The number of hydrogen-bond acceptors (Lipinski definition) is 3. The zero-order valence-electron chi connectivity index (χ0n) is 7.43. The van der Waals surface area contributed by atoms with Crippen LogP contribution >= 0.6 is 7.60 Å². The molecule has 13 heavy (non-hydrogen) atoms. The van der Waals surface area contributed by atoms with Gasteiger partial charge in [0, 0.05) is 7.11 Å². The highest BCUT2D eigenvalue weighted by Gasteiger charge is 2.19. The lowest BCUT2D eigenvalue weighted by Gasteiger charge is -2.08. The minimum atomic E-state index is -3.61. The molecule has 0 aliphatic rings. The van der Waals surface area contributed by atoms with Gasteiger partial charge in [-0.1, -0.05) is 0 Å². The van der Waals surface area contributed by atoms with Gasteiger partial charge in [0.1, 0.15) is 5.75 Å². The lowest BCUT2D eigenvalue weighted by Crippen LogP contribution is -2.04. The van der Waals surface area contributed by atoms with Gasteiger partial charge >= 0.3 is 7.60 Å². The van der Waals surface area contributed by atoms with Crippen LogP contribution in [0.25, 0.3) is 0 Å². The van der Waals surface area contributed by atoms with Crippen LogP contribution in [-0.2, 0) is 9.09 Å². The minimum absolute atomic E-state index is 0.260. The molecule has 0 radical (unpaired) electrons. The Balaban J connectivity index is 2.99. The van der Waals surface area contributed by atoms with Gasteiger partial charge in [0.2, 0.25) is 0 Å². The van der Waals surface area contributed by atoms with Crippen molar-refractivity contribution in [1.29, 1.82) is 0 Å². The summed E-state index contributed by atoms with van der Waals surface area (Å²) in [6, 6.07) is 6.22. The Morgan fingerprint density at radius 2 is 1.77 bits per heavy atom. The van der Waals surface area contributed by atoms with Gasteiger partial charge in [-0.25, -0.2) is 0 Å². The molecule has 0 aliphatic carbocycles. The molecule has 0 aliphatic heterocycles. The summed E-state index contributed by atoms with van der Waals surface area (Å²) in [5.41, 5.74) is 0. The van der Waals surface area contributed by atoms with E-state index in [1.807, 2.05) is 0 Å². The van der Waals surface area contributed by atoms with E-state index < -0.39 is 7.60 Å². The van der Waals surface area contributed by atoms with Crippen LogP contribution in [0, 0.1) is 0 Å². The summed E-state index contributed by atoms with van der Waals surface area (Å²) in [7, 11) is -0.881. The van der Waals surface area contributed by atoms with E-state index in [0.29, 0.717) is 5.75 Å². The van der Waals surface area contributed by atoms with Gasteiger partial charge in [0.15, 0.2) is 0 Å². The Labute approximate surface area is 76.6 Å². The first-order valence-electron chi connectivity index (χ1n) is 3.63. The van der Waals surface area contributed by atoms with Crippen LogP contribution in [0.3, 0.4) is 0 Å². The predicted octanol–water partition coefficient (Wildman–Crippen LogP) is 1.15. The predicted molar refractivity (Wildman–Crippen MR) is 49.5 cm³/mol. The van der Waals surface area contributed by atoms with E-state index in [-0.39, 0.29) is 5.30 Å². The van der Waals surface area contributed by atoms with E-state index >= 15 is 0 Å². The fourth-order valence-electron chi connectivity index (χ4n) is 0.876. The maximum Gasteiger partial charge on any atom is 0.358 e. The molecular weight excluding hydrogens is 191 g/mol. The van der Waals surface area contributed by atoms with Crippen LogP contribution in [-0.4, -0.2) is 19.1 Å². The maximum absolute atomic E-state index is 11.3. The number of methoxy groups -OCH3 is 1. The van der Waals surface area contributed by atoms with Gasteiger partial charge in [-0.2, -0.15) is 0 Å². The van der Waals surface area contributed by atoms with Crippen molar-refractivity contribution in [3.8, 4) is 5.75 Å². The maximum atomic E-state index is 11.3. The highest BCUT2D eigenvalue weighted by molar-refractivity contribution is 7.61. The van der Waals surface area contributed by atoms with Crippen molar-refractivity contribution in [1.82, 2.24) is 0 Å².